The highest BCUT2D eigenvalue weighted by molar-refractivity contribution is 5.97. The zero-order valence-electron chi connectivity index (χ0n) is 19.7. The Labute approximate surface area is 206 Å². The van der Waals surface area contributed by atoms with Gasteiger partial charge in [0, 0.05) is 24.0 Å². The number of carbonyl (C=O) groups is 2. The number of nitrogens with two attached hydrogens (primary N) is 1. The summed E-state index contributed by atoms with van der Waals surface area (Å²) in [7, 11) is 0. The van der Waals surface area contributed by atoms with Crippen molar-refractivity contribution in [1.82, 2.24) is 9.97 Å². The third-order valence-electron chi connectivity index (χ3n) is 6.91. The number of nitrogens with zero attached hydrogens (tertiary/aromatic N) is 2. The van der Waals surface area contributed by atoms with Crippen molar-refractivity contribution >= 4 is 22.7 Å². The van der Waals surface area contributed by atoms with Crippen molar-refractivity contribution in [2.75, 3.05) is 0 Å². The highest BCUT2D eigenvalue weighted by atomic mass is 19.4. The van der Waals surface area contributed by atoms with Gasteiger partial charge in [-0.1, -0.05) is 24.3 Å². The number of hydrogen-bond acceptors (Lipinski definition) is 5. The molecule has 2 heterocycles. The molecule has 2 aromatic heterocycles. The number of rotatable bonds is 5. The van der Waals surface area contributed by atoms with E-state index in [1.54, 1.807) is 0 Å². The summed E-state index contributed by atoms with van der Waals surface area (Å²) in [6.45, 7) is 0.382. The van der Waals surface area contributed by atoms with Gasteiger partial charge >= 0.3 is 12.1 Å². The second-order valence-corrected chi connectivity index (χ2v) is 9.35. The SMILES string of the molecule is NCc1ccc(C2CC2)c(C(=O)C2CCC(c3ccnc4ccccc34)CC2)n1.O=C(O)C(F)(F)F. The second kappa shape index (κ2) is 10.7. The van der Waals surface area contributed by atoms with Crippen LogP contribution in [0.15, 0.2) is 48.7 Å². The Morgan fingerprint density at radius 3 is 2.14 bits per heavy atom. The van der Waals surface area contributed by atoms with Crippen molar-refractivity contribution < 1.29 is 27.9 Å². The molecular weight excluding hydrogens is 471 g/mol. The standard InChI is InChI=1S/C25H27N3O.C2HF3O2/c26-15-19-11-12-21(17-5-6-17)24(28-19)25(29)18-9-7-16(8-10-18)20-13-14-27-23-4-2-1-3-22(20)23;3-2(4,5)1(6)7/h1-4,11-14,16-18H,5-10,15,26H2;(H,6,7). The molecule has 2 fully saturated rings. The smallest absolute Gasteiger partial charge is 0.475 e. The fraction of sp³-hybridized carbons (Fsp3) is 0.407. The number of halogens is 3. The number of carboxylic acid groups (broad SMARTS) is 1. The van der Waals surface area contributed by atoms with Gasteiger partial charge in [0.1, 0.15) is 5.69 Å². The van der Waals surface area contributed by atoms with Crippen LogP contribution in [-0.2, 0) is 11.3 Å². The number of benzene rings is 1. The van der Waals surface area contributed by atoms with Gasteiger partial charge in [0.25, 0.3) is 0 Å². The summed E-state index contributed by atoms with van der Waals surface area (Å²) in [6.07, 6.45) is 3.12. The number of carboxylic acids is 1. The van der Waals surface area contributed by atoms with Crippen molar-refractivity contribution in [3.8, 4) is 0 Å². The number of fused-ring (bicyclic) bond motifs is 1. The maximum atomic E-state index is 13.4. The van der Waals surface area contributed by atoms with E-state index >= 15 is 0 Å². The first-order valence-corrected chi connectivity index (χ1v) is 12.1. The molecule has 9 heteroatoms. The van der Waals surface area contributed by atoms with Crippen molar-refractivity contribution in [3.05, 3.63) is 71.2 Å². The molecule has 6 nitrogen and oxygen atoms in total. The van der Waals surface area contributed by atoms with Crippen molar-refractivity contribution in [3.63, 3.8) is 0 Å². The summed E-state index contributed by atoms with van der Waals surface area (Å²) in [4.78, 5) is 31.4. The van der Waals surface area contributed by atoms with Crippen LogP contribution in [0.5, 0.6) is 0 Å². The van der Waals surface area contributed by atoms with Crippen LogP contribution in [0.1, 0.15) is 77.7 Å². The van der Waals surface area contributed by atoms with E-state index in [0.717, 1.165) is 42.5 Å². The van der Waals surface area contributed by atoms with E-state index in [1.165, 1.54) is 23.8 Å². The molecule has 3 N–H and O–H groups in total. The first-order chi connectivity index (χ1) is 17.2. The molecule has 0 saturated heterocycles. The molecule has 0 atom stereocenters. The molecule has 2 aliphatic carbocycles. The summed E-state index contributed by atoms with van der Waals surface area (Å²) < 4.78 is 31.7. The number of para-hydroxylation sites is 1. The van der Waals surface area contributed by atoms with E-state index in [2.05, 4.69) is 40.3 Å². The summed E-state index contributed by atoms with van der Waals surface area (Å²) in [5, 5.41) is 8.37. The monoisotopic (exact) mass is 499 g/mol. The Morgan fingerprint density at radius 1 is 0.917 bits per heavy atom. The zero-order chi connectivity index (χ0) is 25.9. The third kappa shape index (κ3) is 5.90. The van der Waals surface area contributed by atoms with Crippen LogP contribution in [0.25, 0.3) is 10.9 Å². The van der Waals surface area contributed by atoms with E-state index in [4.69, 9.17) is 15.6 Å². The van der Waals surface area contributed by atoms with Gasteiger partial charge in [0.2, 0.25) is 0 Å². The molecule has 0 aliphatic heterocycles. The lowest BCUT2D eigenvalue weighted by molar-refractivity contribution is -0.192. The van der Waals surface area contributed by atoms with Gasteiger partial charge in [0.05, 0.1) is 11.2 Å². The minimum atomic E-state index is -5.08. The highest BCUT2D eigenvalue weighted by Gasteiger charge is 2.38. The zero-order valence-corrected chi connectivity index (χ0v) is 19.7. The van der Waals surface area contributed by atoms with Gasteiger partial charge in [0.15, 0.2) is 5.78 Å². The predicted octanol–water partition coefficient (Wildman–Crippen LogP) is 5.76. The average molecular weight is 500 g/mol. The minimum Gasteiger partial charge on any atom is -0.475 e. The van der Waals surface area contributed by atoms with E-state index in [0.29, 0.717) is 24.1 Å². The van der Waals surface area contributed by atoms with Crippen LogP contribution in [0.2, 0.25) is 0 Å². The van der Waals surface area contributed by atoms with Crippen LogP contribution in [0, 0.1) is 5.92 Å². The number of Topliss-reactive ketones (excluding diaryl/α,β-unsaturated/α-hetero) is 1. The molecule has 36 heavy (non-hydrogen) atoms. The Bertz CT molecular complexity index is 1240. The summed E-state index contributed by atoms with van der Waals surface area (Å²) in [5.74, 6) is -1.42. The molecule has 190 valence electrons. The van der Waals surface area contributed by atoms with E-state index in [9.17, 15) is 18.0 Å². The van der Waals surface area contributed by atoms with Crippen LogP contribution in [0.4, 0.5) is 13.2 Å². The fourth-order valence-electron chi connectivity index (χ4n) is 4.88. The third-order valence-corrected chi connectivity index (χ3v) is 6.91. The topological polar surface area (TPSA) is 106 Å². The van der Waals surface area contributed by atoms with Gasteiger partial charge in [-0.3, -0.25) is 9.78 Å². The number of carbonyl (C=O) groups excluding carboxylic acids is 1. The molecule has 0 amide bonds. The van der Waals surface area contributed by atoms with E-state index in [-0.39, 0.29) is 11.7 Å². The molecule has 0 unspecified atom stereocenters. The molecule has 3 aromatic rings. The lowest BCUT2D eigenvalue weighted by Gasteiger charge is -2.29. The predicted molar refractivity (Wildman–Crippen MR) is 129 cm³/mol. The van der Waals surface area contributed by atoms with Gasteiger partial charge in [-0.25, -0.2) is 9.78 Å². The highest BCUT2D eigenvalue weighted by Crippen LogP contribution is 2.43. The summed E-state index contributed by atoms with van der Waals surface area (Å²) in [5.41, 5.74) is 10.9. The Kier molecular flexibility index (Phi) is 7.68. The largest absolute Gasteiger partial charge is 0.490 e. The number of pyridine rings is 2. The van der Waals surface area contributed by atoms with Crippen LogP contribution >= 0.6 is 0 Å². The van der Waals surface area contributed by atoms with Gasteiger partial charge in [-0.15, -0.1) is 0 Å². The molecule has 0 radical (unpaired) electrons. The summed E-state index contributed by atoms with van der Waals surface area (Å²) in [6, 6.07) is 14.6. The second-order valence-electron chi connectivity index (χ2n) is 9.35. The number of alkyl halides is 3. The van der Waals surface area contributed by atoms with Gasteiger partial charge < -0.3 is 10.8 Å². The normalized spacial score (nSPS) is 19.9. The number of ketones is 1. The average Bonchev–Trinajstić information content (AvgIpc) is 3.73. The van der Waals surface area contributed by atoms with Crippen molar-refractivity contribution in [2.24, 2.45) is 11.7 Å². The number of hydrogen-bond donors (Lipinski definition) is 2. The maximum absolute atomic E-state index is 13.4. The quantitative estimate of drug-likeness (QED) is 0.433. The van der Waals surface area contributed by atoms with Crippen LogP contribution < -0.4 is 5.73 Å². The Morgan fingerprint density at radius 2 is 1.53 bits per heavy atom. The van der Waals surface area contributed by atoms with Crippen molar-refractivity contribution in [1.29, 1.82) is 0 Å². The Balaban J connectivity index is 0.000000384. The van der Waals surface area contributed by atoms with Crippen LogP contribution in [-0.4, -0.2) is 33.0 Å². The maximum Gasteiger partial charge on any atom is 0.490 e. The molecule has 2 aliphatic rings. The van der Waals surface area contributed by atoms with Crippen molar-refractivity contribution in [2.45, 2.75) is 63.1 Å². The molecule has 2 saturated carbocycles. The molecule has 1 aromatic carbocycles. The molecule has 5 rings (SSSR count). The van der Waals surface area contributed by atoms with E-state index in [1.807, 2.05) is 18.3 Å². The minimum absolute atomic E-state index is 0.0809. The molecule has 0 bridgehead atoms. The summed E-state index contributed by atoms with van der Waals surface area (Å²) >= 11 is 0. The number of aromatic nitrogens is 2. The van der Waals surface area contributed by atoms with E-state index < -0.39 is 12.1 Å². The first kappa shape index (κ1) is 25.8. The Hall–Kier alpha value is -3.33. The van der Waals surface area contributed by atoms with Gasteiger partial charge in [-0.05, 0) is 79.7 Å². The number of aliphatic carboxylic acids is 1. The lowest BCUT2D eigenvalue weighted by atomic mass is 9.75. The first-order valence-electron chi connectivity index (χ1n) is 12.1. The fourth-order valence-corrected chi connectivity index (χ4v) is 4.88. The van der Waals surface area contributed by atoms with Gasteiger partial charge in [-0.2, -0.15) is 13.2 Å². The molecule has 0 spiro atoms. The lowest BCUT2D eigenvalue weighted by Crippen LogP contribution is -2.24. The molecular formula is C27H28F3N3O3. The van der Waals surface area contributed by atoms with Crippen LogP contribution in [0.3, 0.4) is 0 Å².